The number of β-amino-alcohol motifs (C(OH)–C–C–N with tert-alkyl or cyclic N) is 1. The van der Waals surface area contributed by atoms with Gasteiger partial charge in [0.2, 0.25) is 17.7 Å². The van der Waals surface area contributed by atoms with Crippen LogP contribution in [0.1, 0.15) is 97.9 Å². The Morgan fingerprint density at radius 3 is 2.28 bits per heavy atom. The van der Waals surface area contributed by atoms with Gasteiger partial charge in [0.05, 0.1) is 34.3 Å². The zero-order valence-corrected chi connectivity index (χ0v) is 31.6. The van der Waals surface area contributed by atoms with Crippen LogP contribution in [0, 0.1) is 12.3 Å². The van der Waals surface area contributed by atoms with Crippen molar-refractivity contribution in [1.29, 1.82) is 0 Å². The molecule has 0 bridgehead atoms. The number of aliphatic hydroxyl groups excluding tert-OH is 1. The van der Waals surface area contributed by atoms with Crippen molar-refractivity contribution >= 4 is 35.2 Å². The summed E-state index contributed by atoms with van der Waals surface area (Å²) in [7, 11) is 0. The molecule has 0 aliphatic carbocycles. The molecule has 276 valence electrons. The van der Waals surface area contributed by atoms with E-state index in [1.54, 1.807) is 16.2 Å². The molecule has 4 rings (SSSR count). The zero-order chi connectivity index (χ0) is 36.8. The highest BCUT2D eigenvalue weighted by molar-refractivity contribution is 7.13. The summed E-state index contributed by atoms with van der Waals surface area (Å²) in [6, 6.07) is 5.87. The molecule has 3 N–H and O–H groups in total. The normalized spacial score (nSPS) is 19.9. The number of likely N-dealkylation sites (tertiary alicyclic amines) is 2. The molecule has 0 spiro atoms. The minimum atomic E-state index is -0.895. The Morgan fingerprint density at radius 2 is 1.70 bits per heavy atom. The van der Waals surface area contributed by atoms with Crippen LogP contribution in [-0.2, 0) is 23.9 Å². The van der Waals surface area contributed by atoms with Crippen LogP contribution in [-0.4, -0.2) is 99.8 Å². The average Bonchev–Trinajstić information content (AvgIpc) is 3.65. The van der Waals surface area contributed by atoms with Crippen molar-refractivity contribution < 1.29 is 33.8 Å². The van der Waals surface area contributed by atoms with Gasteiger partial charge in [0, 0.05) is 39.1 Å². The van der Waals surface area contributed by atoms with Crippen LogP contribution in [0.25, 0.3) is 10.4 Å². The van der Waals surface area contributed by atoms with Crippen molar-refractivity contribution in [2.75, 3.05) is 26.2 Å². The van der Waals surface area contributed by atoms with Crippen LogP contribution < -0.4 is 10.6 Å². The molecule has 13 heteroatoms. The van der Waals surface area contributed by atoms with E-state index in [-0.39, 0.29) is 49.4 Å². The molecule has 2 saturated heterocycles. The molecule has 0 saturated carbocycles. The van der Waals surface area contributed by atoms with Crippen molar-refractivity contribution in [3.05, 3.63) is 41.0 Å². The van der Waals surface area contributed by atoms with Crippen molar-refractivity contribution in [3.63, 3.8) is 0 Å². The first-order chi connectivity index (χ1) is 23.4. The molecule has 3 heterocycles. The highest BCUT2D eigenvalue weighted by Crippen LogP contribution is 2.30. The number of aromatic nitrogens is 1. The van der Waals surface area contributed by atoms with E-state index in [9.17, 15) is 24.3 Å². The second-order valence-electron chi connectivity index (χ2n) is 15.5. The quantitative estimate of drug-likeness (QED) is 0.276. The molecule has 0 unspecified atom stereocenters. The minimum Gasteiger partial charge on any atom is -0.444 e. The van der Waals surface area contributed by atoms with E-state index in [1.165, 1.54) is 4.90 Å². The summed E-state index contributed by atoms with van der Waals surface area (Å²) in [5.74, 6) is -1.03. The van der Waals surface area contributed by atoms with Gasteiger partial charge in [0.1, 0.15) is 17.7 Å². The molecule has 0 radical (unpaired) electrons. The second-order valence-corrected chi connectivity index (χ2v) is 16.4. The van der Waals surface area contributed by atoms with Crippen LogP contribution in [0.15, 0.2) is 29.8 Å². The summed E-state index contributed by atoms with van der Waals surface area (Å²) >= 11 is 1.58. The van der Waals surface area contributed by atoms with Crippen molar-refractivity contribution in [2.45, 2.75) is 123 Å². The lowest BCUT2D eigenvalue weighted by atomic mass is 9.85. The molecule has 1 aromatic heterocycles. The van der Waals surface area contributed by atoms with E-state index < -0.39 is 35.1 Å². The molecule has 2 aromatic rings. The van der Waals surface area contributed by atoms with E-state index in [1.807, 2.05) is 85.2 Å². The van der Waals surface area contributed by atoms with Crippen molar-refractivity contribution in [2.24, 2.45) is 5.41 Å². The van der Waals surface area contributed by atoms with E-state index >= 15 is 0 Å². The third kappa shape index (κ3) is 10.7. The SMILES string of the molecule is Cc1ncsc1-c1ccc([C@H](C)NC(=O)[C@@H]2C[C@@H](O)CN2C(=O)[C@@H](NC(=O)CCCOC2CCN(C(=O)OC(C)(C)C)CC2)C(C)(C)C)cc1. The van der Waals surface area contributed by atoms with Gasteiger partial charge in [-0.1, -0.05) is 45.0 Å². The molecule has 2 aliphatic heterocycles. The maximum Gasteiger partial charge on any atom is 0.410 e. The highest BCUT2D eigenvalue weighted by atomic mass is 32.1. The number of thiazole rings is 1. The molecule has 1 aromatic carbocycles. The number of aliphatic hydroxyl groups is 1. The summed E-state index contributed by atoms with van der Waals surface area (Å²) in [4.78, 5) is 61.4. The number of ether oxygens (including phenoxy) is 2. The number of piperidine rings is 1. The predicted octanol–water partition coefficient (Wildman–Crippen LogP) is 4.98. The maximum atomic E-state index is 14.0. The second kappa shape index (κ2) is 16.6. The number of amides is 4. The van der Waals surface area contributed by atoms with Gasteiger partial charge in [0.25, 0.3) is 0 Å². The van der Waals surface area contributed by atoms with Gasteiger partial charge < -0.3 is 35.0 Å². The molecular formula is C37H55N5O7S. The van der Waals surface area contributed by atoms with E-state index in [0.29, 0.717) is 39.0 Å². The topological polar surface area (TPSA) is 150 Å². The monoisotopic (exact) mass is 713 g/mol. The lowest BCUT2D eigenvalue weighted by Gasteiger charge is -2.35. The molecule has 12 nitrogen and oxygen atoms in total. The van der Waals surface area contributed by atoms with Crippen LogP contribution in [0.5, 0.6) is 0 Å². The largest absolute Gasteiger partial charge is 0.444 e. The van der Waals surface area contributed by atoms with Crippen LogP contribution in [0.4, 0.5) is 4.79 Å². The number of aryl methyl sites for hydroxylation is 1. The van der Waals surface area contributed by atoms with E-state index in [4.69, 9.17) is 9.47 Å². The molecule has 4 atom stereocenters. The fourth-order valence-corrected chi connectivity index (χ4v) is 7.07. The molecule has 4 amide bonds. The van der Waals surface area contributed by atoms with Crippen molar-refractivity contribution in [1.82, 2.24) is 25.4 Å². The van der Waals surface area contributed by atoms with Gasteiger partial charge in [-0.25, -0.2) is 9.78 Å². The molecule has 2 aliphatic rings. The number of nitrogens with zero attached hydrogens (tertiary/aromatic N) is 3. The lowest BCUT2D eigenvalue weighted by molar-refractivity contribution is -0.144. The van der Waals surface area contributed by atoms with Crippen LogP contribution >= 0.6 is 11.3 Å². The maximum absolute atomic E-state index is 14.0. The first kappa shape index (κ1) is 39.2. The number of hydrogen-bond donors (Lipinski definition) is 3. The number of hydrogen-bond acceptors (Lipinski definition) is 9. The standard InChI is InChI=1S/C37H55N5O7S/c1-23(25-11-13-26(14-12-25)31-24(2)38-22-50-31)39-33(45)29-20-27(43)21-42(29)34(46)32(36(3,4)5)40-30(44)10-9-19-48-28-15-17-41(18-16-28)35(47)49-37(6,7)8/h11-14,22-23,27-29,32,43H,9-10,15-21H2,1-8H3,(H,39,45)(H,40,44)/t23-,27+,29-,32+/m0/s1. The number of benzene rings is 1. The van der Waals surface area contributed by atoms with Crippen LogP contribution in [0.2, 0.25) is 0 Å². The molecule has 50 heavy (non-hydrogen) atoms. The van der Waals surface area contributed by atoms with E-state index in [0.717, 1.165) is 21.7 Å². The van der Waals surface area contributed by atoms with Gasteiger partial charge in [-0.05, 0) is 70.4 Å². The summed E-state index contributed by atoms with van der Waals surface area (Å²) in [5, 5.41) is 16.5. The summed E-state index contributed by atoms with van der Waals surface area (Å²) in [5.41, 5.74) is 3.57. The van der Waals surface area contributed by atoms with E-state index in [2.05, 4.69) is 15.6 Å². The Morgan fingerprint density at radius 1 is 1.04 bits per heavy atom. The number of rotatable bonds is 11. The molecule has 2 fully saturated rings. The summed E-state index contributed by atoms with van der Waals surface area (Å²) in [6.45, 7) is 16.5. The van der Waals surface area contributed by atoms with Gasteiger partial charge in [-0.3, -0.25) is 14.4 Å². The third-order valence-corrected chi connectivity index (χ3v) is 10.0. The first-order valence-corrected chi connectivity index (χ1v) is 18.5. The minimum absolute atomic E-state index is 0.000416. The fourth-order valence-electron chi connectivity index (χ4n) is 6.26. The number of carbonyl (C=O) groups is 4. The van der Waals surface area contributed by atoms with Gasteiger partial charge in [-0.15, -0.1) is 11.3 Å². The van der Waals surface area contributed by atoms with Gasteiger partial charge >= 0.3 is 6.09 Å². The highest BCUT2D eigenvalue weighted by Gasteiger charge is 2.44. The summed E-state index contributed by atoms with van der Waals surface area (Å²) < 4.78 is 11.5. The first-order valence-electron chi connectivity index (χ1n) is 17.6. The predicted molar refractivity (Wildman–Crippen MR) is 192 cm³/mol. The van der Waals surface area contributed by atoms with Crippen molar-refractivity contribution in [3.8, 4) is 10.4 Å². The molecular weight excluding hydrogens is 659 g/mol. The van der Waals surface area contributed by atoms with Gasteiger partial charge in [0.15, 0.2) is 0 Å². The fraction of sp³-hybridized carbons (Fsp3) is 0.649. The number of nitrogens with one attached hydrogen (secondary N) is 2. The van der Waals surface area contributed by atoms with Gasteiger partial charge in [-0.2, -0.15) is 0 Å². The smallest absolute Gasteiger partial charge is 0.410 e. The summed E-state index contributed by atoms with van der Waals surface area (Å²) in [6.07, 6.45) is 0.983. The third-order valence-electron chi connectivity index (χ3n) is 9.06. The Bertz CT molecular complexity index is 1470. The zero-order valence-electron chi connectivity index (χ0n) is 30.8. The average molecular weight is 714 g/mol. The number of carbonyl (C=O) groups excluding carboxylic acids is 4. The Kier molecular flexibility index (Phi) is 13.1. The lowest BCUT2D eigenvalue weighted by Crippen LogP contribution is -2.57. The Labute approximate surface area is 300 Å². The Hall–Kier alpha value is -3.55. The van der Waals surface area contributed by atoms with Crippen LogP contribution in [0.3, 0.4) is 0 Å². The Balaban J connectivity index is 1.27.